The van der Waals surface area contributed by atoms with Crippen LogP contribution in [0.15, 0.2) is 12.4 Å². The molecular weight excluding hydrogens is 192 g/mol. The maximum atomic E-state index is 5.60. The minimum Gasteiger partial charge on any atom is -0.382 e. The van der Waals surface area contributed by atoms with Gasteiger partial charge in [0, 0.05) is 26.3 Å². The van der Waals surface area contributed by atoms with E-state index in [0.717, 1.165) is 31.9 Å². The summed E-state index contributed by atoms with van der Waals surface area (Å²) in [4.78, 5) is 10.4. The standard InChI is InChI=1S/C10H16N4O/c1-14(8-2-4-15-5-3-8)10-7-12-6-9(11)13-10/h6-8H,2-5H2,1H3,(H2,11,13). The molecule has 15 heavy (non-hydrogen) atoms. The smallest absolute Gasteiger partial charge is 0.149 e. The Morgan fingerprint density at radius 3 is 2.80 bits per heavy atom. The predicted molar refractivity (Wildman–Crippen MR) is 58.7 cm³/mol. The summed E-state index contributed by atoms with van der Waals surface area (Å²) in [5.41, 5.74) is 5.60. The third-order valence-corrected chi connectivity index (χ3v) is 2.74. The molecule has 2 heterocycles. The number of hydrogen-bond donors (Lipinski definition) is 1. The van der Waals surface area contributed by atoms with Crippen LogP contribution in [-0.2, 0) is 4.74 Å². The largest absolute Gasteiger partial charge is 0.382 e. The second-order valence-corrected chi connectivity index (χ2v) is 3.76. The Hall–Kier alpha value is -1.36. The molecule has 1 fully saturated rings. The van der Waals surface area contributed by atoms with Crippen LogP contribution in [0.4, 0.5) is 11.6 Å². The van der Waals surface area contributed by atoms with Gasteiger partial charge in [-0.15, -0.1) is 0 Å². The summed E-state index contributed by atoms with van der Waals surface area (Å²) in [6, 6.07) is 0.481. The maximum Gasteiger partial charge on any atom is 0.149 e. The van der Waals surface area contributed by atoms with Crippen molar-refractivity contribution < 1.29 is 4.74 Å². The highest BCUT2D eigenvalue weighted by molar-refractivity contribution is 5.41. The van der Waals surface area contributed by atoms with Crippen LogP contribution in [0, 0.1) is 0 Å². The summed E-state index contributed by atoms with van der Waals surface area (Å²) in [6.07, 6.45) is 5.37. The van der Waals surface area contributed by atoms with Gasteiger partial charge in [0.05, 0.1) is 12.4 Å². The topological polar surface area (TPSA) is 64.3 Å². The first-order chi connectivity index (χ1) is 7.27. The Kier molecular flexibility index (Phi) is 3.01. The summed E-state index contributed by atoms with van der Waals surface area (Å²) < 4.78 is 5.32. The first-order valence-electron chi connectivity index (χ1n) is 5.15. The van der Waals surface area contributed by atoms with Gasteiger partial charge in [-0.1, -0.05) is 0 Å². The van der Waals surface area contributed by atoms with Crippen LogP contribution in [0.2, 0.25) is 0 Å². The molecule has 5 nitrogen and oxygen atoms in total. The lowest BCUT2D eigenvalue weighted by atomic mass is 10.1. The fourth-order valence-corrected chi connectivity index (χ4v) is 1.80. The maximum absolute atomic E-state index is 5.60. The summed E-state index contributed by atoms with van der Waals surface area (Å²) in [7, 11) is 2.03. The van der Waals surface area contributed by atoms with E-state index in [-0.39, 0.29) is 0 Å². The molecule has 0 bridgehead atoms. The monoisotopic (exact) mass is 208 g/mol. The van der Waals surface area contributed by atoms with Gasteiger partial charge >= 0.3 is 0 Å². The zero-order valence-corrected chi connectivity index (χ0v) is 8.89. The van der Waals surface area contributed by atoms with Crippen LogP contribution in [0.5, 0.6) is 0 Å². The van der Waals surface area contributed by atoms with E-state index in [4.69, 9.17) is 10.5 Å². The molecule has 1 aliphatic heterocycles. The van der Waals surface area contributed by atoms with Crippen LogP contribution >= 0.6 is 0 Å². The van der Waals surface area contributed by atoms with Crippen molar-refractivity contribution in [3.63, 3.8) is 0 Å². The number of nitrogens with two attached hydrogens (primary N) is 1. The fraction of sp³-hybridized carbons (Fsp3) is 0.600. The number of hydrogen-bond acceptors (Lipinski definition) is 5. The first-order valence-corrected chi connectivity index (χ1v) is 5.15. The highest BCUT2D eigenvalue weighted by Crippen LogP contribution is 2.18. The fourth-order valence-electron chi connectivity index (χ4n) is 1.80. The van der Waals surface area contributed by atoms with Crippen LogP contribution in [0.1, 0.15) is 12.8 Å². The summed E-state index contributed by atoms with van der Waals surface area (Å²) in [5, 5.41) is 0. The van der Waals surface area contributed by atoms with Gasteiger partial charge in [0.15, 0.2) is 0 Å². The van der Waals surface area contributed by atoms with Crippen molar-refractivity contribution in [1.82, 2.24) is 9.97 Å². The van der Waals surface area contributed by atoms with E-state index in [9.17, 15) is 0 Å². The molecule has 0 radical (unpaired) electrons. The molecule has 2 N–H and O–H groups in total. The average Bonchev–Trinajstić information content (AvgIpc) is 2.29. The number of rotatable bonds is 2. The Balaban J connectivity index is 2.08. The van der Waals surface area contributed by atoms with Gasteiger partial charge in [-0.05, 0) is 12.8 Å². The summed E-state index contributed by atoms with van der Waals surface area (Å²) in [6.45, 7) is 1.65. The van der Waals surface area contributed by atoms with Gasteiger partial charge in [0.1, 0.15) is 11.6 Å². The van der Waals surface area contributed by atoms with Crippen molar-refractivity contribution in [2.24, 2.45) is 0 Å². The molecule has 1 aromatic heterocycles. The van der Waals surface area contributed by atoms with Crippen LogP contribution in [0.25, 0.3) is 0 Å². The van der Waals surface area contributed by atoms with E-state index < -0.39 is 0 Å². The van der Waals surface area contributed by atoms with Crippen LogP contribution in [0.3, 0.4) is 0 Å². The van der Waals surface area contributed by atoms with Gasteiger partial charge < -0.3 is 15.4 Å². The predicted octanol–water partition coefficient (Wildman–Crippen LogP) is 0.674. The van der Waals surface area contributed by atoms with E-state index in [0.29, 0.717) is 11.9 Å². The van der Waals surface area contributed by atoms with E-state index in [1.165, 1.54) is 0 Å². The third kappa shape index (κ3) is 2.36. The molecule has 0 saturated carbocycles. The molecule has 1 aliphatic rings. The Morgan fingerprint density at radius 1 is 1.40 bits per heavy atom. The lowest BCUT2D eigenvalue weighted by Crippen LogP contribution is -2.37. The number of nitrogens with zero attached hydrogens (tertiary/aromatic N) is 3. The zero-order chi connectivity index (χ0) is 10.7. The second kappa shape index (κ2) is 4.44. The minimum atomic E-state index is 0.464. The van der Waals surface area contributed by atoms with Crippen molar-refractivity contribution in [2.45, 2.75) is 18.9 Å². The molecule has 1 saturated heterocycles. The van der Waals surface area contributed by atoms with E-state index in [1.807, 2.05) is 7.05 Å². The number of ether oxygens (including phenoxy) is 1. The first kappa shape index (κ1) is 10.2. The van der Waals surface area contributed by atoms with E-state index in [1.54, 1.807) is 12.4 Å². The molecule has 0 amide bonds. The number of aromatic nitrogens is 2. The highest BCUT2D eigenvalue weighted by Gasteiger charge is 2.19. The van der Waals surface area contributed by atoms with Crippen molar-refractivity contribution in [3.8, 4) is 0 Å². The summed E-state index contributed by atoms with van der Waals surface area (Å²) in [5.74, 6) is 1.30. The van der Waals surface area contributed by atoms with Gasteiger partial charge in [0.2, 0.25) is 0 Å². The van der Waals surface area contributed by atoms with Crippen molar-refractivity contribution in [3.05, 3.63) is 12.4 Å². The molecule has 0 atom stereocenters. The zero-order valence-electron chi connectivity index (χ0n) is 8.89. The SMILES string of the molecule is CN(c1cncc(N)n1)C1CCOCC1. The quantitative estimate of drug-likeness (QED) is 0.774. The molecule has 0 aliphatic carbocycles. The van der Waals surface area contributed by atoms with Crippen molar-refractivity contribution >= 4 is 11.6 Å². The molecule has 5 heteroatoms. The highest BCUT2D eigenvalue weighted by atomic mass is 16.5. The molecule has 0 unspecified atom stereocenters. The van der Waals surface area contributed by atoms with Crippen molar-refractivity contribution in [2.75, 3.05) is 30.9 Å². The molecule has 2 rings (SSSR count). The van der Waals surface area contributed by atoms with Gasteiger partial charge in [-0.25, -0.2) is 4.98 Å². The Labute approximate surface area is 89.3 Å². The average molecular weight is 208 g/mol. The van der Waals surface area contributed by atoms with E-state index >= 15 is 0 Å². The van der Waals surface area contributed by atoms with Crippen LogP contribution < -0.4 is 10.6 Å². The lowest BCUT2D eigenvalue weighted by molar-refractivity contribution is 0.0853. The normalized spacial score (nSPS) is 17.7. The van der Waals surface area contributed by atoms with E-state index in [2.05, 4.69) is 14.9 Å². The third-order valence-electron chi connectivity index (χ3n) is 2.74. The Morgan fingerprint density at radius 2 is 2.13 bits per heavy atom. The molecule has 1 aromatic rings. The lowest BCUT2D eigenvalue weighted by Gasteiger charge is -2.31. The van der Waals surface area contributed by atoms with Gasteiger partial charge in [-0.2, -0.15) is 0 Å². The molecule has 82 valence electrons. The second-order valence-electron chi connectivity index (χ2n) is 3.76. The molecule has 0 spiro atoms. The molecule has 0 aromatic carbocycles. The minimum absolute atomic E-state index is 0.464. The Bertz CT molecular complexity index is 325. The molecular formula is C10H16N4O. The summed E-state index contributed by atoms with van der Waals surface area (Å²) >= 11 is 0. The van der Waals surface area contributed by atoms with Gasteiger partial charge in [-0.3, -0.25) is 4.98 Å². The number of anilines is 2. The van der Waals surface area contributed by atoms with Crippen molar-refractivity contribution in [1.29, 1.82) is 0 Å². The van der Waals surface area contributed by atoms with Gasteiger partial charge in [0.25, 0.3) is 0 Å². The number of nitrogen functional groups attached to an aromatic ring is 1. The van der Waals surface area contributed by atoms with Crippen LogP contribution in [-0.4, -0.2) is 36.3 Å².